The smallest absolute Gasteiger partial charge is 0.124 e. The summed E-state index contributed by atoms with van der Waals surface area (Å²) in [5, 5.41) is 3.70. The van der Waals surface area contributed by atoms with Gasteiger partial charge in [0.1, 0.15) is 11.4 Å². The van der Waals surface area contributed by atoms with Crippen molar-refractivity contribution in [3.63, 3.8) is 0 Å². The van der Waals surface area contributed by atoms with E-state index in [0.29, 0.717) is 6.04 Å². The van der Waals surface area contributed by atoms with Crippen LogP contribution in [0, 0.1) is 0 Å². The number of unbranched alkanes of at least 4 members (excludes halogenated alkanes) is 2. The van der Waals surface area contributed by atoms with E-state index in [0.717, 1.165) is 36.0 Å². The van der Waals surface area contributed by atoms with E-state index in [2.05, 4.69) is 60.2 Å². The second-order valence-electron chi connectivity index (χ2n) is 6.40. The van der Waals surface area contributed by atoms with Gasteiger partial charge in [-0.2, -0.15) is 0 Å². The third kappa shape index (κ3) is 4.46. The van der Waals surface area contributed by atoms with Crippen LogP contribution < -0.4 is 10.1 Å². The van der Waals surface area contributed by atoms with Gasteiger partial charge in [-0.05, 0) is 50.9 Å². The zero-order valence-corrected chi connectivity index (χ0v) is 15.1. The molecule has 1 aromatic rings. The standard InChI is InChI=1S/C18H28BrNO/c1-4-6-7-10-18(3)13-16(20-11-5-2)15-12-14(19)8-9-17(15)21-18/h8-9,12,16,20H,4-7,10-11,13H2,1-3H3. The van der Waals surface area contributed by atoms with E-state index in [1.807, 2.05) is 0 Å². The van der Waals surface area contributed by atoms with Crippen molar-refractivity contribution in [2.45, 2.75) is 70.9 Å². The van der Waals surface area contributed by atoms with Crippen LogP contribution in [0.15, 0.2) is 22.7 Å². The largest absolute Gasteiger partial charge is 0.487 e. The summed E-state index contributed by atoms with van der Waals surface area (Å²) in [6.45, 7) is 7.80. The quantitative estimate of drug-likeness (QED) is 0.643. The van der Waals surface area contributed by atoms with Crippen LogP contribution in [0.3, 0.4) is 0 Å². The lowest BCUT2D eigenvalue weighted by Gasteiger charge is -2.40. The summed E-state index contributed by atoms with van der Waals surface area (Å²) in [6, 6.07) is 6.79. The highest BCUT2D eigenvalue weighted by molar-refractivity contribution is 9.10. The van der Waals surface area contributed by atoms with Gasteiger partial charge in [0.05, 0.1) is 0 Å². The molecule has 0 saturated heterocycles. The average Bonchev–Trinajstić information content (AvgIpc) is 2.45. The van der Waals surface area contributed by atoms with Gasteiger partial charge in [-0.25, -0.2) is 0 Å². The van der Waals surface area contributed by atoms with Gasteiger partial charge in [-0.3, -0.25) is 0 Å². The number of rotatable bonds is 7. The molecule has 1 aliphatic heterocycles. The van der Waals surface area contributed by atoms with E-state index >= 15 is 0 Å². The third-order valence-electron chi connectivity index (χ3n) is 4.29. The molecule has 0 radical (unpaired) electrons. The predicted octanol–water partition coefficient (Wildman–Crippen LogP) is 5.61. The minimum absolute atomic E-state index is 0.0403. The Morgan fingerprint density at radius 2 is 2.10 bits per heavy atom. The molecule has 2 unspecified atom stereocenters. The first-order valence-corrected chi connectivity index (χ1v) is 9.09. The maximum Gasteiger partial charge on any atom is 0.124 e. The molecule has 0 spiro atoms. The van der Waals surface area contributed by atoms with Gasteiger partial charge in [0, 0.05) is 22.5 Å². The van der Waals surface area contributed by atoms with Gasteiger partial charge in [0.25, 0.3) is 0 Å². The second kappa shape index (κ2) is 7.64. The van der Waals surface area contributed by atoms with Crippen LogP contribution in [0.2, 0.25) is 0 Å². The summed E-state index contributed by atoms with van der Waals surface area (Å²) >= 11 is 3.58. The molecule has 0 fully saturated rings. The number of hydrogen-bond acceptors (Lipinski definition) is 2. The minimum atomic E-state index is -0.0403. The number of hydrogen-bond donors (Lipinski definition) is 1. The molecule has 2 atom stereocenters. The molecule has 1 aromatic carbocycles. The third-order valence-corrected chi connectivity index (χ3v) is 4.78. The van der Waals surface area contributed by atoms with Gasteiger partial charge in [-0.15, -0.1) is 0 Å². The number of nitrogens with one attached hydrogen (secondary N) is 1. The lowest BCUT2D eigenvalue weighted by molar-refractivity contribution is 0.0373. The Balaban J connectivity index is 2.18. The molecule has 2 nitrogen and oxygen atoms in total. The van der Waals surface area contributed by atoms with E-state index < -0.39 is 0 Å². The molecule has 0 aliphatic carbocycles. The molecule has 0 saturated carbocycles. The molecule has 21 heavy (non-hydrogen) atoms. The summed E-state index contributed by atoms with van der Waals surface area (Å²) < 4.78 is 7.50. The van der Waals surface area contributed by atoms with E-state index in [9.17, 15) is 0 Å². The highest BCUT2D eigenvalue weighted by Crippen LogP contribution is 2.42. The normalized spacial score (nSPS) is 24.5. The lowest BCUT2D eigenvalue weighted by atomic mass is 9.85. The zero-order chi connectivity index (χ0) is 15.3. The Hall–Kier alpha value is -0.540. The van der Waals surface area contributed by atoms with Gasteiger partial charge in [-0.1, -0.05) is 42.6 Å². The Labute approximate surface area is 137 Å². The van der Waals surface area contributed by atoms with Crippen molar-refractivity contribution in [2.75, 3.05) is 6.54 Å². The monoisotopic (exact) mass is 353 g/mol. The van der Waals surface area contributed by atoms with Gasteiger partial charge < -0.3 is 10.1 Å². The van der Waals surface area contributed by atoms with Crippen molar-refractivity contribution in [1.29, 1.82) is 0 Å². The van der Waals surface area contributed by atoms with Crippen molar-refractivity contribution in [2.24, 2.45) is 0 Å². The molecule has 0 bridgehead atoms. The Morgan fingerprint density at radius 1 is 1.29 bits per heavy atom. The van der Waals surface area contributed by atoms with Crippen molar-refractivity contribution in [1.82, 2.24) is 5.32 Å². The fraction of sp³-hybridized carbons (Fsp3) is 0.667. The molecule has 1 aliphatic rings. The van der Waals surface area contributed by atoms with Gasteiger partial charge in [0.2, 0.25) is 0 Å². The van der Waals surface area contributed by atoms with Crippen molar-refractivity contribution < 1.29 is 4.74 Å². The first-order chi connectivity index (χ1) is 10.1. The molecule has 0 amide bonds. The topological polar surface area (TPSA) is 21.3 Å². The first kappa shape index (κ1) is 16.8. The van der Waals surface area contributed by atoms with E-state index in [-0.39, 0.29) is 5.60 Å². The molecule has 0 aromatic heterocycles. The fourth-order valence-electron chi connectivity index (χ4n) is 3.14. The van der Waals surface area contributed by atoms with Crippen LogP contribution in [0.25, 0.3) is 0 Å². The molecular weight excluding hydrogens is 326 g/mol. The highest BCUT2D eigenvalue weighted by atomic mass is 79.9. The van der Waals surface area contributed by atoms with Gasteiger partial charge in [0.15, 0.2) is 0 Å². The molecule has 2 rings (SSSR count). The van der Waals surface area contributed by atoms with Crippen LogP contribution in [0.5, 0.6) is 5.75 Å². The van der Waals surface area contributed by atoms with E-state index in [1.54, 1.807) is 0 Å². The SMILES string of the molecule is CCCCCC1(C)CC(NCCC)c2cc(Br)ccc2O1. The number of benzene rings is 1. The molecule has 1 heterocycles. The maximum atomic E-state index is 6.37. The Kier molecular flexibility index (Phi) is 6.12. The number of halogens is 1. The highest BCUT2D eigenvalue weighted by Gasteiger charge is 2.36. The molecule has 3 heteroatoms. The zero-order valence-electron chi connectivity index (χ0n) is 13.5. The van der Waals surface area contributed by atoms with Crippen LogP contribution in [-0.2, 0) is 0 Å². The predicted molar refractivity (Wildman–Crippen MR) is 93.0 cm³/mol. The Bertz CT molecular complexity index is 463. The number of ether oxygens (including phenoxy) is 1. The summed E-state index contributed by atoms with van der Waals surface area (Å²) in [5.74, 6) is 1.05. The van der Waals surface area contributed by atoms with Crippen LogP contribution in [-0.4, -0.2) is 12.1 Å². The van der Waals surface area contributed by atoms with Crippen LogP contribution in [0.1, 0.15) is 70.9 Å². The van der Waals surface area contributed by atoms with Crippen LogP contribution >= 0.6 is 15.9 Å². The first-order valence-electron chi connectivity index (χ1n) is 8.30. The summed E-state index contributed by atoms with van der Waals surface area (Å²) in [5.41, 5.74) is 1.26. The summed E-state index contributed by atoms with van der Waals surface area (Å²) in [7, 11) is 0. The molecule has 1 N–H and O–H groups in total. The lowest BCUT2D eigenvalue weighted by Crippen LogP contribution is -2.42. The Morgan fingerprint density at radius 3 is 2.81 bits per heavy atom. The average molecular weight is 354 g/mol. The summed E-state index contributed by atoms with van der Waals surface area (Å²) in [6.07, 6.45) is 7.16. The maximum absolute atomic E-state index is 6.37. The van der Waals surface area contributed by atoms with Crippen LogP contribution in [0.4, 0.5) is 0 Å². The van der Waals surface area contributed by atoms with E-state index in [1.165, 1.54) is 24.8 Å². The second-order valence-corrected chi connectivity index (χ2v) is 7.32. The fourth-order valence-corrected chi connectivity index (χ4v) is 3.51. The van der Waals surface area contributed by atoms with Crippen molar-refractivity contribution in [3.05, 3.63) is 28.2 Å². The number of fused-ring (bicyclic) bond motifs is 1. The molecular formula is C18H28BrNO. The van der Waals surface area contributed by atoms with Crippen molar-refractivity contribution >= 4 is 15.9 Å². The van der Waals surface area contributed by atoms with E-state index in [4.69, 9.17) is 4.74 Å². The van der Waals surface area contributed by atoms with Gasteiger partial charge >= 0.3 is 0 Å². The summed E-state index contributed by atoms with van der Waals surface area (Å²) in [4.78, 5) is 0. The van der Waals surface area contributed by atoms with Crippen molar-refractivity contribution in [3.8, 4) is 5.75 Å². The minimum Gasteiger partial charge on any atom is -0.487 e. The molecule has 118 valence electrons.